The van der Waals surface area contributed by atoms with E-state index in [1.165, 1.54) is 0 Å². The van der Waals surface area contributed by atoms with Crippen LogP contribution in [-0.2, 0) is 0 Å². The van der Waals surface area contributed by atoms with Gasteiger partial charge in [-0.25, -0.2) is 8.78 Å². The second-order valence-electron chi connectivity index (χ2n) is 4.77. The van der Waals surface area contributed by atoms with Crippen molar-refractivity contribution >= 4 is 0 Å². The summed E-state index contributed by atoms with van der Waals surface area (Å²) in [5.41, 5.74) is 0. The fraction of sp³-hybridized carbons (Fsp3) is 1.00. The lowest BCUT2D eigenvalue weighted by Crippen LogP contribution is -2.52. The van der Waals surface area contributed by atoms with Gasteiger partial charge in [0, 0.05) is 38.1 Å². The van der Waals surface area contributed by atoms with Crippen LogP contribution >= 0.6 is 0 Å². The van der Waals surface area contributed by atoms with E-state index in [0.29, 0.717) is 6.04 Å². The van der Waals surface area contributed by atoms with Crippen molar-refractivity contribution < 1.29 is 8.78 Å². The fourth-order valence-corrected chi connectivity index (χ4v) is 2.49. The molecule has 0 spiro atoms. The first-order chi connectivity index (χ1) is 6.48. The molecule has 0 bridgehead atoms. The highest BCUT2D eigenvalue weighted by Crippen LogP contribution is 2.33. The van der Waals surface area contributed by atoms with Gasteiger partial charge in [0.1, 0.15) is 0 Å². The summed E-state index contributed by atoms with van der Waals surface area (Å²) < 4.78 is 26.2. The van der Waals surface area contributed by atoms with Crippen LogP contribution in [0, 0.1) is 0 Å². The molecule has 2 nitrogen and oxygen atoms in total. The van der Waals surface area contributed by atoms with E-state index in [2.05, 4.69) is 18.7 Å². The van der Waals surface area contributed by atoms with Gasteiger partial charge >= 0.3 is 0 Å². The average Bonchev–Trinajstić information content (AvgIpc) is 2.36. The molecule has 2 fully saturated rings. The Bertz CT molecular complexity index is 218. The lowest BCUT2D eigenvalue weighted by atomic mass is 10.1. The summed E-state index contributed by atoms with van der Waals surface area (Å²) in [7, 11) is 0. The molecule has 0 aromatic rings. The number of fused-ring (bicyclic) bond motifs is 1. The van der Waals surface area contributed by atoms with Crippen molar-refractivity contribution in [2.75, 3.05) is 26.2 Å². The van der Waals surface area contributed by atoms with Crippen LogP contribution in [0.5, 0.6) is 0 Å². The van der Waals surface area contributed by atoms with Crippen LogP contribution < -0.4 is 0 Å². The minimum absolute atomic E-state index is 0.0242. The molecule has 0 N–H and O–H groups in total. The SMILES string of the molecule is CC(C)N1CCN2CC(F)(F)CC2C1. The molecule has 0 aromatic carbocycles. The highest BCUT2D eigenvalue weighted by atomic mass is 19.3. The van der Waals surface area contributed by atoms with Gasteiger partial charge in [-0.1, -0.05) is 0 Å². The van der Waals surface area contributed by atoms with Crippen LogP contribution in [0.2, 0.25) is 0 Å². The molecule has 82 valence electrons. The van der Waals surface area contributed by atoms with E-state index in [-0.39, 0.29) is 19.0 Å². The molecule has 0 aromatic heterocycles. The first-order valence-corrected chi connectivity index (χ1v) is 5.34. The third-order valence-corrected chi connectivity index (χ3v) is 3.34. The second kappa shape index (κ2) is 3.42. The minimum atomic E-state index is -2.45. The van der Waals surface area contributed by atoms with Gasteiger partial charge in [-0.2, -0.15) is 0 Å². The maximum absolute atomic E-state index is 13.1. The van der Waals surface area contributed by atoms with Crippen molar-refractivity contribution in [2.45, 2.75) is 38.3 Å². The molecule has 4 heteroatoms. The van der Waals surface area contributed by atoms with Gasteiger partial charge in [0.05, 0.1) is 6.54 Å². The van der Waals surface area contributed by atoms with Crippen LogP contribution in [0.25, 0.3) is 0 Å². The zero-order valence-corrected chi connectivity index (χ0v) is 8.84. The summed E-state index contributed by atoms with van der Waals surface area (Å²) in [6.45, 7) is 6.78. The Morgan fingerprint density at radius 3 is 2.64 bits per heavy atom. The fourth-order valence-electron chi connectivity index (χ4n) is 2.49. The third kappa shape index (κ3) is 1.91. The predicted molar refractivity (Wildman–Crippen MR) is 51.6 cm³/mol. The molecule has 0 aliphatic carbocycles. The lowest BCUT2D eigenvalue weighted by molar-refractivity contribution is 0.0118. The Hall–Kier alpha value is -0.220. The summed E-state index contributed by atoms with van der Waals surface area (Å²) in [5, 5.41) is 0. The smallest absolute Gasteiger partial charge is 0.262 e. The van der Waals surface area contributed by atoms with Gasteiger partial charge in [0.2, 0.25) is 0 Å². The van der Waals surface area contributed by atoms with Crippen molar-refractivity contribution in [1.82, 2.24) is 9.80 Å². The highest BCUT2D eigenvalue weighted by Gasteiger charge is 2.46. The molecule has 2 aliphatic heterocycles. The second-order valence-corrected chi connectivity index (χ2v) is 4.77. The molecule has 2 heterocycles. The van der Waals surface area contributed by atoms with Gasteiger partial charge in [-0.3, -0.25) is 9.80 Å². The van der Waals surface area contributed by atoms with Crippen molar-refractivity contribution in [2.24, 2.45) is 0 Å². The lowest BCUT2D eigenvalue weighted by Gasteiger charge is -2.39. The molecule has 2 saturated heterocycles. The summed E-state index contributed by atoms with van der Waals surface area (Å²) in [4.78, 5) is 4.24. The largest absolute Gasteiger partial charge is 0.298 e. The zero-order chi connectivity index (χ0) is 10.3. The summed E-state index contributed by atoms with van der Waals surface area (Å²) in [6.07, 6.45) is 0.0518. The Labute approximate surface area is 83.9 Å². The maximum atomic E-state index is 13.1. The number of halogens is 2. The number of hydrogen-bond donors (Lipinski definition) is 0. The van der Waals surface area contributed by atoms with E-state index in [4.69, 9.17) is 0 Å². The van der Waals surface area contributed by atoms with Crippen LogP contribution in [0.1, 0.15) is 20.3 Å². The van der Waals surface area contributed by atoms with Crippen LogP contribution in [0.15, 0.2) is 0 Å². The maximum Gasteiger partial charge on any atom is 0.262 e. The normalized spacial score (nSPS) is 33.6. The van der Waals surface area contributed by atoms with Gasteiger partial charge in [0.15, 0.2) is 0 Å². The molecule has 1 unspecified atom stereocenters. The van der Waals surface area contributed by atoms with Crippen molar-refractivity contribution in [3.8, 4) is 0 Å². The minimum Gasteiger partial charge on any atom is -0.298 e. The van der Waals surface area contributed by atoms with E-state index in [9.17, 15) is 8.78 Å². The molecular formula is C10H18F2N2. The molecule has 0 saturated carbocycles. The summed E-state index contributed by atoms with van der Waals surface area (Å²) in [6, 6.07) is 0.563. The first kappa shape index (κ1) is 10.3. The Kier molecular flexibility index (Phi) is 2.52. The van der Waals surface area contributed by atoms with E-state index >= 15 is 0 Å². The number of alkyl halides is 2. The number of nitrogens with zero attached hydrogens (tertiary/aromatic N) is 2. The van der Waals surface area contributed by atoms with E-state index in [1.807, 2.05) is 4.90 Å². The van der Waals surface area contributed by atoms with Crippen molar-refractivity contribution in [3.63, 3.8) is 0 Å². The third-order valence-electron chi connectivity index (χ3n) is 3.34. The van der Waals surface area contributed by atoms with Crippen LogP contribution in [-0.4, -0.2) is 54.0 Å². The number of hydrogen-bond acceptors (Lipinski definition) is 2. The van der Waals surface area contributed by atoms with E-state index < -0.39 is 5.92 Å². The molecule has 2 aliphatic rings. The standard InChI is InChI=1S/C10H18F2N2/c1-8(2)13-3-4-14-7-10(11,12)5-9(14)6-13/h8-9H,3-7H2,1-2H3. The summed E-state index contributed by atoms with van der Waals surface area (Å²) in [5.74, 6) is -2.45. The van der Waals surface area contributed by atoms with Gasteiger partial charge in [-0.15, -0.1) is 0 Å². The number of rotatable bonds is 1. The molecule has 2 rings (SSSR count). The van der Waals surface area contributed by atoms with E-state index in [0.717, 1.165) is 19.6 Å². The Morgan fingerprint density at radius 1 is 1.29 bits per heavy atom. The van der Waals surface area contributed by atoms with Crippen LogP contribution in [0.3, 0.4) is 0 Å². The summed E-state index contributed by atoms with van der Waals surface area (Å²) >= 11 is 0. The topological polar surface area (TPSA) is 6.48 Å². The molecule has 0 amide bonds. The highest BCUT2D eigenvalue weighted by molar-refractivity contribution is 4.95. The number of piperazine rings is 1. The predicted octanol–water partition coefficient (Wildman–Crippen LogP) is 1.42. The molecule has 0 radical (unpaired) electrons. The monoisotopic (exact) mass is 204 g/mol. The van der Waals surface area contributed by atoms with Gasteiger partial charge < -0.3 is 0 Å². The van der Waals surface area contributed by atoms with Crippen LogP contribution in [0.4, 0.5) is 8.78 Å². The average molecular weight is 204 g/mol. The zero-order valence-electron chi connectivity index (χ0n) is 8.84. The molecular weight excluding hydrogens is 186 g/mol. The van der Waals surface area contributed by atoms with Crippen molar-refractivity contribution in [1.29, 1.82) is 0 Å². The van der Waals surface area contributed by atoms with Gasteiger partial charge in [0.25, 0.3) is 5.92 Å². The molecule has 1 atom stereocenters. The Morgan fingerprint density at radius 2 is 2.00 bits per heavy atom. The van der Waals surface area contributed by atoms with E-state index in [1.54, 1.807) is 0 Å². The Balaban J connectivity index is 1.98. The molecule has 14 heavy (non-hydrogen) atoms. The quantitative estimate of drug-likeness (QED) is 0.637. The first-order valence-electron chi connectivity index (χ1n) is 5.34. The van der Waals surface area contributed by atoms with Gasteiger partial charge in [-0.05, 0) is 13.8 Å². The van der Waals surface area contributed by atoms with Crippen molar-refractivity contribution in [3.05, 3.63) is 0 Å².